The van der Waals surface area contributed by atoms with Crippen LogP contribution in [0.3, 0.4) is 0 Å². The normalized spacial score (nSPS) is 24.4. The van der Waals surface area contributed by atoms with Crippen LogP contribution < -0.4 is 5.32 Å². The zero-order chi connectivity index (χ0) is 16.8. The Kier molecular flexibility index (Phi) is 5.16. The molecule has 0 radical (unpaired) electrons. The zero-order valence-electron chi connectivity index (χ0n) is 14.4. The van der Waals surface area contributed by atoms with Crippen LogP contribution in [0.5, 0.6) is 0 Å². The fraction of sp³-hybridized carbons (Fsp3) is 1.00. The van der Waals surface area contributed by atoms with E-state index in [1.54, 1.807) is 13.8 Å². The van der Waals surface area contributed by atoms with E-state index in [0.29, 0.717) is 0 Å². The lowest BCUT2D eigenvalue weighted by molar-refractivity contribution is -0.252. The molecule has 0 rings (SSSR count). The maximum absolute atomic E-state index is 11.1. The van der Waals surface area contributed by atoms with Gasteiger partial charge in [-0.2, -0.15) is 0 Å². The third-order valence-corrected chi connectivity index (χ3v) is 5.10. The zero-order valence-corrected chi connectivity index (χ0v) is 14.4. The Morgan fingerprint density at radius 3 is 1.30 bits per heavy atom. The molecule has 20 heavy (non-hydrogen) atoms. The van der Waals surface area contributed by atoms with Crippen LogP contribution >= 0.6 is 0 Å². The lowest BCUT2D eigenvalue weighted by Crippen LogP contribution is -2.79. The standard InChI is InChI=1S/C15H33NO4/c1-10(17)16-13(7,12(5,6)18)15(9,20)14(8,19)11(2,3)4/h10,16-20H,1-9H3/t10?,13?,14-,15?/m1/s1. The van der Waals surface area contributed by atoms with Gasteiger partial charge in [0.25, 0.3) is 0 Å². The lowest BCUT2D eigenvalue weighted by Gasteiger charge is -2.59. The van der Waals surface area contributed by atoms with Crippen molar-refractivity contribution in [3.05, 3.63) is 0 Å². The molecule has 4 atom stereocenters. The van der Waals surface area contributed by atoms with E-state index in [0.717, 1.165) is 0 Å². The van der Waals surface area contributed by atoms with Crippen molar-refractivity contribution in [2.75, 3.05) is 0 Å². The molecule has 0 heterocycles. The van der Waals surface area contributed by atoms with Crippen molar-refractivity contribution in [1.82, 2.24) is 5.32 Å². The summed E-state index contributed by atoms with van der Waals surface area (Å²) in [5, 5.41) is 45.0. The molecule has 0 spiro atoms. The Morgan fingerprint density at radius 2 is 1.10 bits per heavy atom. The van der Waals surface area contributed by atoms with Gasteiger partial charge in [0.2, 0.25) is 0 Å². The maximum Gasteiger partial charge on any atom is 0.111 e. The van der Waals surface area contributed by atoms with Crippen LogP contribution in [0, 0.1) is 5.41 Å². The molecule has 0 aliphatic heterocycles. The third kappa shape index (κ3) is 3.02. The third-order valence-electron chi connectivity index (χ3n) is 5.10. The van der Waals surface area contributed by atoms with Gasteiger partial charge in [0.05, 0.1) is 16.7 Å². The van der Waals surface area contributed by atoms with Gasteiger partial charge >= 0.3 is 0 Å². The van der Waals surface area contributed by atoms with Crippen LogP contribution in [0.4, 0.5) is 0 Å². The summed E-state index contributed by atoms with van der Waals surface area (Å²) >= 11 is 0. The summed E-state index contributed by atoms with van der Waals surface area (Å²) in [6, 6.07) is 0. The molecule has 0 aromatic carbocycles. The summed E-state index contributed by atoms with van der Waals surface area (Å²) in [4.78, 5) is 0. The predicted octanol–water partition coefficient (Wildman–Crippen LogP) is 0.992. The molecule has 122 valence electrons. The molecule has 0 aromatic rings. The molecule has 0 aliphatic rings. The van der Waals surface area contributed by atoms with Crippen molar-refractivity contribution < 1.29 is 20.4 Å². The first-order valence-corrected chi connectivity index (χ1v) is 7.05. The van der Waals surface area contributed by atoms with Gasteiger partial charge in [0.15, 0.2) is 0 Å². The van der Waals surface area contributed by atoms with Crippen LogP contribution in [0.15, 0.2) is 0 Å². The Hall–Kier alpha value is -0.200. The highest BCUT2D eigenvalue weighted by Crippen LogP contribution is 2.47. The average molecular weight is 291 g/mol. The van der Waals surface area contributed by atoms with Crippen LogP contribution in [0.1, 0.15) is 62.3 Å². The summed E-state index contributed by atoms with van der Waals surface area (Å²) in [6.45, 7) is 14.6. The molecule has 0 aromatic heterocycles. The summed E-state index contributed by atoms with van der Waals surface area (Å²) < 4.78 is 0. The van der Waals surface area contributed by atoms with Gasteiger partial charge < -0.3 is 20.4 Å². The Balaban J connectivity index is 6.06. The highest BCUT2D eigenvalue weighted by atomic mass is 16.4. The summed E-state index contributed by atoms with van der Waals surface area (Å²) in [5.74, 6) is 0. The fourth-order valence-corrected chi connectivity index (χ4v) is 2.55. The minimum atomic E-state index is -1.71. The van der Waals surface area contributed by atoms with Crippen LogP contribution in [-0.4, -0.2) is 49.0 Å². The summed E-state index contributed by atoms with van der Waals surface area (Å²) in [6.07, 6.45) is -0.950. The Morgan fingerprint density at radius 1 is 0.750 bits per heavy atom. The molecule has 3 unspecified atom stereocenters. The fourth-order valence-electron chi connectivity index (χ4n) is 2.55. The van der Waals surface area contributed by atoms with Gasteiger partial charge in [-0.05, 0) is 47.0 Å². The predicted molar refractivity (Wildman–Crippen MR) is 80.2 cm³/mol. The van der Waals surface area contributed by atoms with E-state index in [1.807, 2.05) is 20.8 Å². The molecule has 0 bridgehead atoms. The van der Waals surface area contributed by atoms with Crippen molar-refractivity contribution in [2.45, 2.75) is 90.9 Å². The summed E-state index contributed by atoms with van der Waals surface area (Å²) in [7, 11) is 0. The molecule has 0 saturated heterocycles. The van der Waals surface area contributed by atoms with E-state index in [1.165, 1.54) is 27.7 Å². The first-order valence-electron chi connectivity index (χ1n) is 7.05. The number of nitrogens with one attached hydrogen (secondary N) is 1. The minimum absolute atomic E-state index is 0.636. The number of hydrogen-bond donors (Lipinski definition) is 5. The number of aliphatic hydroxyl groups excluding tert-OH is 1. The second-order valence-corrected chi connectivity index (χ2v) is 7.90. The van der Waals surface area contributed by atoms with Crippen LogP contribution in [0.25, 0.3) is 0 Å². The molecule has 5 nitrogen and oxygen atoms in total. The highest BCUT2D eigenvalue weighted by molar-refractivity contribution is 5.18. The number of hydrogen-bond acceptors (Lipinski definition) is 5. The van der Waals surface area contributed by atoms with Gasteiger partial charge in [-0.15, -0.1) is 0 Å². The summed E-state index contributed by atoms with van der Waals surface area (Å²) in [5.41, 5.74) is -6.60. The topological polar surface area (TPSA) is 93.0 Å². The minimum Gasteiger partial charge on any atom is -0.388 e. The van der Waals surface area contributed by atoms with Gasteiger partial charge in [-0.25, -0.2) is 0 Å². The lowest BCUT2D eigenvalue weighted by atomic mass is 9.57. The number of rotatable bonds is 5. The smallest absolute Gasteiger partial charge is 0.111 e. The van der Waals surface area contributed by atoms with Crippen molar-refractivity contribution in [1.29, 1.82) is 0 Å². The quantitative estimate of drug-likeness (QED) is 0.487. The monoisotopic (exact) mass is 291 g/mol. The molecule has 5 N–H and O–H groups in total. The van der Waals surface area contributed by atoms with Crippen molar-refractivity contribution in [3.8, 4) is 0 Å². The van der Waals surface area contributed by atoms with E-state index >= 15 is 0 Å². The van der Waals surface area contributed by atoms with E-state index in [9.17, 15) is 20.4 Å². The average Bonchev–Trinajstić information content (AvgIpc) is 2.11. The van der Waals surface area contributed by atoms with E-state index in [2.05, 4.69) is 5.32 Å². The Bertz CT molecular complexity index is 337. The van der Waals surface area contributed by atoms with E-state index < -0.39 is 34.0 Å². The molecular formula is C15H33NO4. The first-order chi connectivity index (χ1) is 8.42. The highest BCUT2D eigenvalue weighted by Gasteiger charge is 2.63. The number of aliphatic hydroxyl groups is 4. The van der Waals surface area contributed by atoms with Crippen LogP contribution in [0.2, 0.25) is 0 Å². The largest absolute Gasteiger partial charge is 0.388 e. The van der Waals surface area contributed by atoms with Crippen molar-refractivity contribution >= 4 is 0 Å². The SMILES string of the molecule is CC(O)NC(C)(C(C)(C)O)C(C)(O)[C@](C)(O)C(C)(C)C. The second-order valence-electron chi connectivity index (χ2n) is 7.90. The molecule has 0 fully saturated rings. The Labute approximate surface area is 123 Å². The van der Waals surface area contributed by atoms with Gasteiger partial charge in [0.1, 0.15) is 11.8 Å². The van der Waals surface area contributed by atoms with Gasteiger partial charge in [0, 0.05) is 0 Å². The maximum atomic E-state index is 11.1. The first kappa shape index (κ1) is 19.8. The van der Waals surface area contributed by atoms with Crippen molar-refractivity contribution in [3.63, 3.8) is 0 Å². The molecule has 0 saturated carbocycles. The molecular weight excluding hydrogens is 258 g/mol. The van der Waals surface area contributed by atoms with Crippen LogP contribution in [-0.2, 0) is 0 Å². The second kappa shape index (κ2) is 5.21. The molecule has 0 amide bonds. The molecule has 0 aliphatic carbocycles. The van der Waals surface area contributed by atoms with Crippen molar-refractivity contribution in [2.24, 2.45) is 5.41 Å². The molecule has 5 heteroatoms. The van der Waals surface area contributed by atoms with Gasteiger partial charge in [-0.1, -0.05) is 20.8 Å². The van der Waals surface area contributed by atoms with Gasteiger partial charge in [-0.3, -0.25) is 5.32 Å². The van der Waals surface area contributed by atoms with E-state index in [4.69, 9.17) is 0 Å². The van der Waals surface area contributed by atoms with E-state index in [-0.39, 0.29) is 0 Å².